The van der Waals surface area contributed by atoms with Crippen molar-refractivity contribution in [1.29, 1.82) is 0 Å². The molecule has 0 aliphatic carbocycles. The number of aromatic nitrogens is 2. The molecule has 4 rings (SSSR count). The molecule has 10 heteroatoms. The summed E-state index contributed by atoms with van der Waals surface area (Å²) in [4.78, 5) is 26.4. The smallest absolute Gasteiger partial charge is 0.332 e. The number of methoxy groups -OCH3 is 1. The fourth-order valence-electron chi connectivity index (χ4n) is 4.06. The molecule has 4 aromatic rings. The summed E-state index contributed by atoms with van der Waals surface area (Å²) >= 11 is 0. The van der Waals surface area contributed by atoms with Gasteiger partial charge < -0.3 is 4.74 Å². The Balaban J connectivity index is 0.00000361. The van der Waals surface area contributed by atoms with Crippen LogP contribution in [0.5, 0.6) is 5.75 Å². The van der Waals surface area contributed by atoms with Crippen molar-refractivity contribution in [3.8, 4) is 22.6 Å². The molecule has 1 aromatic heterocycles. The number of sulfonamides is 1. The van der Waals surface area contributed by atoms with Gasteiger partial charge >= 0.3 is 5.69 Å². The van der Waals surface area contributed by atoms with Crippen LogP contribution in [-0.2, 0) is 15.4 Å². The number of hydrogen-bond acceptors (Lipinski definition) is 5. The zero-order chi connectivity index (χ0) is 25.5. The van der Waals surface area contributed by atoms with E-state index in [9.17, 15) is 18.0 Å². The summed E-state index contributed by atoms with van der Waals surface area (Å²) in [6.45, 7) is 6.18. The Morgan fingerprint density at radius 2 is 1.61 bits per heavy atom. The molecule has 0 saturated carbocycles. The second-order valence-corrected chi connectivity index (χ2v) is 11.2. The molecule has 3 aromatic carbocycles. The summed E-state index contributed by atoms with van der Waals surface area (Å²) in [6.07, 6.45) is 2.57. The average molecular weight is 517 g/mol. The molecule has 36 heavy (non-hydrogen) atoms. The van der Waals surface area contributed by atoms with E-state index in [2.05, 4.69) is 30.5 Å². The van der Waals surface area contributed by atoms with E-state index in [1.807, 2.05) is 36.4 Å². The van der Waals surface area contributed by atoms with Crippen LogP contribution in [0, 0.1) is 0 Å². The maximum absolute atomic E-state index is 12.5. The van der Waals surface area contributed by atoms with E-state index in [-0.39, 0.29) is 35.0 Å². The first-order valence-corrected chi connectivity index (χ1v) is 12.8. The van der Waals surface area contributed by atoms with Crippen LogP contribution in [-0.4, -0.2) is 60.9 Å². The standard InChI is InChI=1S/C26H27N3O5S.Na/c1-26(2,3)22-15-20(29-11-10-23(30)27-25(29)31)14-21(24(22)34-4)18-7-6-17-13-19(28-35(5,32)33)9-8-16(17)12-18;/h6-15,28H,1-5H3,(H,27,30,31);. The molecule has 1 radical (unpaired) electrons. The van der Waals surface area contributed by atoms with Crippen LogP contribution in [0.3, 0.4) is 0 Å². The van der Waals surface area contributed by atoms with Gasteiger partial charge in [0.25, 0.3) is 5.56 Å². The Labute approximate surface area is 231 Å². The number of fused-ring (bicyclic) bond motifs is 1. The van der Waals surface area contributed by atoms with Crippen LogP contribution in [0.15, 0.2) is 70.4 Å². The summed E-state index contributed by atoms with van der Waals surface area (Å²) < 4.78 is 32.9. The van der Waals surface area contributed by atoms with Crippen molar-refractivity contribution in [3.05, 3.63) is 87.2 Å². The number of rotatable bonds is 5. The fraction of sp³-hybridized carbons (Fsp3) is 0.231. The zero-order valence-corrected chi connectivity index (χ0v) is 24.0. The van der Waals surface area contributed by atoms with Crippen LogP contribution < -0.4 is 20.7 Å². The van der Waals surface area contributed by atoms with Gasteiger partial charge in [-0.2, -0.15) is 0 Å². The molecule has 0 atom stereocenters. The van der Waals surface area contributed by atoms with Crippen molar-refractivity contribution in [3.63, 3.8) is 0 Å². The van der Waals surface area contributed by atoms with Crippen molar-refractivity contribution in [2.24, 2.45) is 0 Å². The number of benzene rings is 3. The van der Waals surface area contributed by atoms with Crippen molar-refractivity contribution in [2.75, 3.05) is 18.1 Å². The Morgan fingerprint density at radius 3 is 2.22 bits per heavy atom. The molecule has 0 unspecified atom stereocenters. The number of ether oxygens (including phenoxy) is 1. The van der Waals surface area contributed by atoms with E-state index in [0.29, 0.717) is 17.1 Å². The van der Waals surface area contributed by atoms with Gasteiger partial charge in [0.1, 0.15) is 5.75 Å². The average Bonchev–Trinajstić information content (AvgIpc) is 2.76. The van der Waals surface area contributed by atoms with Crippen molar-refractivity contribution >= 4 is 56.0 Å². The third kappa shape index (κ3) is 5.92. The predicted octanol–water partition coefficient (Wildman–Crippen LogP) is 3.64. The van der Waals surface area contributed by atoms with Gasteiger partial charge in [0, 0.05) is 58.6 Å². The fourth-order valence-corrected chi connectivity index (χ4v) is 4.61. The number of nitrogens with one attached hydrogen (secondary N) is 2. The Kier molecular flexibility index (Phi) is 7.90. The third-order valence-electron chi connectivity index (χ3n) is 5.64. The second-order valence-electron chi connectivity index (χ2n) is 9.46. The Morgan fingerprint density at radius 1 is 0.944 bits per heavy atom. The minimum absolute atomic E-state index is 0. The number of anilines is 1. The number of aromatic amines is 1. The van der Waals surface area contributed by atoms with Gasteiger partial charge in [-0.3, -0.25) is 19.1 Å². The van der Waals surface area contributed by atoms with Crippen LogP contribution in [0.2, 0.25) is 0 Å². The van der Waals surface area contributed by atoms with Crippen LogP contribution in [0.4, 0.5) is 5.69 Å². The number of H-pyrrole nitrogens is 1. The van der Waals surface area contributed by atoms with Gasteiger partial charge in [0.05, 0.1) is 19.1 Å². The van der Waals surface area contributed by atoms with E-state index >= 15 is 0 Å². The van der Waals surface area contributed by atoms with Crippen molar-refractivity contribution in [2.45, 2.75) is 26.2 Å². The number of hydrogen-bond donors (Lipinski definition) is 2. The van der Waals surface area contributed by atoms with Gasteiger partial charge in [0.2, 0.25) is 10.0 Å². The molecule has 0 fully saturated rings. The molecule has 8 nitrogen and oxygen atoms in total. The largest absolute Gasteiger partial charge is 0.496 e. The maximum Gasteiger partial charge on any atom is 0.332 e. The van der Waals surface area contributed by atoms with Gasteiger partial charge in [-0.05, 0) is 52.1 Å². The first kappa shape index (κ1) is 27.7. The van der Waals surface area contributed by atoms with Gasteiger partial charge in [-0.15, -0.1) is 0 Å². The van der Waals surface area contributed by atoms with Crippen LogP contribution in [0.25, 0.3) is 27.6 Å². The first-order valence-electron chi connectivity index (χ1n) is 10.9. The molecular weight excluding hydrogens is 489 g/mol. The minimum Gasteiger partial charge on any atom is -0.496 e. The van der Waals surface area contributed by atoms with E-state index in [1.54, 1.807) is 19.2 Å². The van der Waals surface area contributed by atoms with Crippen LogP contribution >= 0.6 is 0 Å². The van der Waals surface area contributed by atoms with E-state index in [0.717, 1.165) is 33.7 Å². The molecule has 0 bridgehead atoms. The van der Waals surface area contributed by atoms with Gasteiger partial charge in [-0.1, -0.05) is 39.0 Å². The molecule has 0 aliphatic heterocycles. The maximum atomic E-state index is 12.5. The molecule has 1 heterocycles. The predicted molar refractivity (Wildman–Crippen MR) is 145 cm³/mol. The van der Waals surface area contributed by atoms with Crippen LogP contribution in [0.1, 0.15) is 26.3 Å². The Bertz CT molecular complexity index is 1670. The quantitative estimate of drug-likeness (QED) is 0.394. The summed E-state index contributed by atoms with van der Waals surface area (Å²) in [5, 5.41) is 1.78. The molecule has 0 amide bonds. The van der Waals surface area contributed by atoms with E-state index in [1.165, 1.54) is 16.8 Å². The molecular formula is C26H27N3NaO5S. The first-order chi connectivity index (χ1) is 16.4. The second kappa shape index (κ2) is 10.3. The van der Waals surface area contributed by atoms with Crippen molar-refractivity contribution < 1.29 is 13.2 Å². The molecule has 0 spiro atoms. The Hall–Kier alpha value is -2.85. The summed E-state index contributed by atoms with van der Waals surface area (Å²) in [6, 6.07) is 16.2. The monoisotopic (exact) mass is 516 g/mol. The normalized spacial score (nSPS) is 11.7. The number of nitrogens with zero attached hydrogens (tertiary/aromatic N) is 1. The molecule has 2 N–H and O–H groups in total. The SMILES string of the molecule is COc1c(-c2ccc3cc(NS(C)(=O)=O)ccc3c2)cc(-n2ccc(=O)[nH]c2=O)cc1C(C)(C)C.[Na]. The van der Waals surface area contributed by atoms with Gasteiger partial charge in [0.15, 0.2) is 0 Å². The van der Waals surface area contributed by atoms with E-state index < -0.39 is 21.3 Å². The molecule has 183 valence electrons. The van der Waals surface area contributed by atoms with E-state index in [4.69, 9.17) is 4.74 Å². The summed E-state index contributed by atoms with van der Waals surface area (Å²) in [7, 11) is -1.76. The minimum atomic E-state index is -3.38. The topological polar surface area (TPSA) is 110 Å². The third-order valence-corrected chi connectivity index (χ3v) is 6.25. The molecule has 0 saturated heterocycles. The zero-order valence-electron chi connectivity index (χ0n) is 21.2. The molecule has 0 aliphatic rings. The summed E-state index contributed by atoms with van der Waals surface area (Å²) in [5.41, 5.74) is 2.34. The summed E-state index contributed by atoms with van der Waals surface area (Å²) in [5.74, 6) is 0.688. The van der Waals surface area contributed by atoms with Crippen molar-refractivity contribution in [1.82, 2.24) is 9.55 Å². The van der Waals surface area contributed by atoms with Gasteiger partial charge in [-0.25, -0.2) is 13.2 Å².